The van der Waals surface area contributed by atoms with Gasteiger partial charge in [-0.2, -0.15) is 0 Å². The molecule has 1 aliphatic heterocycles. The Bertz CT molecular complexity index is 1900. The van der Waals surface area contributed by atoms with Crippen LogP contribution in [0.15, 0.2) is 85.2 Å². The molecule has 1 fully saturated rings. The van der Waals surface area contributed by atoms with Gasteiger partial charge in [-0.15, -0.1) is 10.2 Å². The molecule has 1 atom stereocenters. The van der Waals surface area contributed by atoms with Crippen molar-refractivity contribution >= 4 is 27.7 Å². The Labute approximate surface area is 262 Å². The molecule has 3 aromatic carbocycles. The van der Waals surface area contributed by atoms with Gasteiger partial charge in [-0.3, -0.25) is 4.79 Å². The average molecular weight is 603 g/mol. The molecule has 45 heavy (non-hydrogen) atoms. The van der Waals surface area contributed by atoms with E-state index in [1.807, 2.05) is 36.5 Å². The third-order valence-electron chi connectivity index (χ3n) is 8.97. The van der Waals surface area contributed by atoms with Crippen molar-refractivity contribution in [1.29, 1.82) is 0 Å². The van der Waals surface area contributed by atoms with Gasteiger partial charge in [0, 0.05) is 66.2 Å². The molecule has 0 saturated carbocycles. The molecule has 4 heterocycles. The van der Waals surface area contributed by atoms with Crippen LogP contribution in [0.3, 0.4) is 0 Å². The highest BCUT2D eigenvalue weighted by atomic mass is 16.5. The molecule has 1 aliphatic rings. The van der Waals surface area contributed by atoms with Crippen molar-refractivity contribution in [3.05, 3.63) is 114 Å². The van der Waals surface area contributed by atoms with Gasteiger partial charge in [0.1, 0.15) is 11.6 Å². The second-order valence-corrected chi connectivity index (χ2v) is 11.8. The molecular formula is C36H38N6O3. The molecule has 1 amide bonds. The molecule has 230 valence electrons. The summed E-state index contributed by atoms with van der Waals surface area (Å²) < 4.78 is 13.1. The number of amides is 1. The van der Waals surface area contributed by atoms with Gasteiger partial charge in [0.15, 0.2) is 5.82 Å². The highest BCUT2D eigenvalue weighted by molar-refractivity contribution is 5.84. The summed E-state index contributed by atoms with van der Waals surface area (Å²) in [4.78, 5) is 20.5. The molecule has 3 aromatic heterocycles. The number of methoxy groups -OCH3 is 1. The lowest BCUT2D eigenvalue weighted by molar-refractivity contribution is -0.128. The Balaban J connectivity index is 1.25. The molecule has 0 aliphatic carbocycles. The zero-order chi connectivity index (χ0) is 30.6. The number of aromatic nitrogens is 5. The van der Waals surface area contributed by atoms with Gasteiger partial charge in [-0.25, -0.2) is 0 Å². The van der Waals surface area contributed by atoms with Crippen molar-refractivity contribution in [3.8, 4) is 5.75 Å². The van der Waals surface area contributed by atoms with E-state index in [4.69, 9.17) is 19.7 Å². The summed E-state index contributed by atoms with van der Waals surface area (Å²) in [5.41, 5.74) is 5.67. The van der Waals surface area contributed by atoms with E-state index in [0.717, 1.165) is 64.2 Å². The third-order valence-corrected chi connectivity index (χ3v) is 8.97. The van der Waals surface area contributed by atoms with Crippen LogP contribution in [0.5, 0.6) is 5.75 Å². The number of para-hydroxylation sites is 2. The summed E-state index contributed by atoms with van der Waals surface area (Å²) in [6, 6.07) is 24.3. The van der Waals surface area contributed by atoms with E-state index in [9.17, 15) is 4.79 Å². The SMILES string of the molecule is COc1ccc(Cn2c(CCc3c[nH]c4ccccc34)nnc2[C@H](Cc2c[nH]c3ccccc23)NC(=O)C2CCOCC2)cc1. The zero-order valence-corrected chi connectivity index (χ0v) is 25.5. The number of benzene rings is 3. The molecule has 0 spiro atoms. The number of aryl methyl sites for hydroxylation is 2. The number of ether oxygens (including phenoxy) is 2. The minimum Gasteiger partial charge on any atom is -0.497 e. The van der Waals surface area contributed by atoms with Crippen LogP contribution >= 0.6 is 0 Å². The standard InChI is InChI=1S/C36H38N6O3/c1-44-28-13-10-24(11-14-28)23-42-34(15-12-26-21-37-31-8-4-2-6-29(26)31)40-41-35(42)33(39-36(43)25-16-18-45-19-17-25)20-27-22-38-32-9-5-3-7-30(27)32/h2-11,13-14,21-22,25,33,37-38H,12,15-20,23H2,1H3,(H,39,43)/t33-/m0/s1. The van der Waals surface area contributed by atoms with Gasteiger partial charge in [0.25, 0.3) is 0 Å². The van der Waals surface area contributed by atoms with Crippen LogP contribution in [0.1, 0.15) is 47.2 Å². The van der Waals surface area contributed by atoms with Crippen molar-refractivity contribution in [2.45, 2.75) is 44.7 Å². The highest BCUT2D eigenvalue weighted by Crippen LogP contribution is 2.27. The maximum absolute atomic E-state index is 13.7. The fraction of sp³-hybridized carbons (Fsp3) is 0.306. The van der Waals surface area contributed by atoms with E-state index in [2.05, 4.69) is 68.5 Å². The Morgan fingerprint density at radius 1 is 0.911 bits per heavy atom. The topological polar surface area (TPSA) is 110 Å². The van der Waals surface area contributed by atoms with E-state index in [-0.39, 0.29) is 17.9 Å². The molecule has 3 N–H and O–H groups in total. The second kappa shape index (κ2) is 13.0. The summed E-state index contributed by atoms with van der Waals surface area (Å²) in [7, 11) is 1.67. The quantitative estimate of drug-likeness (QED) is 0.171. The summed E-state index contributed by atoms with van der Waals surface area (Å²) in [6.45, 7) is 1.79. The Morgan fingerprint density at radius 3 is 2.29 bits per heavy atom. The van der Waals surface area contributed by atoms with Crippen molar-refractivity contribution in [2.24, 2.45) is 5.92 Å². The molecule has 0 bridgehead atoms. The first kappa shape index (κ1) is 28.9. The molecule has 0 unspecified atom stereocenters. The number of nitrogens with one attached hydrogen (secondary N) is 3. The van der Waals surface area contributed by atoms with Gasteiger partial charge >= 0.3 is 0 Å². The molecule has 9 nitrogen and oxygen atoms in total. The molecule has 0 radical (unpaired) electrons. The predicted molar refractivity (Wildman–Crippen MR) is 174 cm³/mol. The van der Waals surface area contributed by atoms with Crippen LogP contribution < -0.4 is 10.1 Å². The average Bonchev–Trinajstić information content (AvgIpc) is 3.81. The van der Waals surface area contributed by atoms with Crippen LogP contribution in [0.2, 0.25) is 0 Å². The summed E-state index contributed by atoms with van der Waals surface area (Å²) in [6.07, 6.45) is 7.68. The minimum atomic E-state index is -0.368. The van der Waals surface area contributed by atoms with Crippen LogP contribution in [0, 0.1) is 5.92 Å². The van der Waals surface area contributed by atoms with Gasteiger partial charge in [-0.05, 0) is 60.2 Å². The number of rotatable bonds is 11. The first-order chi connectivity index (χ1) is 22.2. The Morgan fingerprint density at radius 2 is 1.58 bits per heavy atom. The van der Waals surface area contributed by atoms with Crippen LogP contribution in [-0.2, 0) is 35.3 Å². The smallest absolute Gasteiger partial charge is 0.223 e. The largest absolute Gasteiger partial charge is 0.497 e. The van der Waals surface area contributed by atoms with Crippen molar-refractivity contribution in [1.82, 2.24) is 30.0 Å². The lowest BCUT2D eigenvalue weighted by Crippen LogP contribution is -2.38. The number of carbonyl (C=O) groups excluding carboxylic acids is 1. The molecular weight excluding hydrogens is 564 g/mol. The number of aromatic amines is 2. The Kier molecular flexibility index (Phi) is 8.33. The number of fused-ring (bicyclic) bond motifs is 2. The lowest BCUT2D eigenvalue weighted by atomic mass is 9.97. The zero-order valence-electron chi connectivity index (χ0n) is 25.5. The first-order valence-corrected chi connectivity index (χ1v) is 15.7. The van der Waals surface area contributed by atoms with Crippen molar-refractivity contribution in [2.75, 3.05) is 20.3 Å². The summed E-state index contributed by atoms with van der Waals surface area (Å²) in [5.74, 6) is 2.41. The fourth-order valence-corrected chi connectivity index (χ4v) is 6.44. The van der Waals surface area contributed by atoms with Gasteiger partial charge in [-0.1, -0.05) is 48.5 Å². The Hall–Kier alpha value is -4.89. The van der Waals surface area contributed by atoms with Gasteiger partial charge < -0.3 is 29.3 Å². The normalized spacial score (nSPS) is 14.6. The first-order valence-electron chi connectivity index (χ1n) is 15.7. The monoisotopic (exact) mass is 602 g/mol. The minimum absolute atomic E-state index is 0.0440. The molecule has 7 rings (SSSR count). The lowest BCUT2D eigenvalue weighted by Gasteiger charge is -2.25. The predicted octanol–water partition coefficient (Wildman–Crippen LogP) is 5.91. The van der Waals surface area contributed by atoms with Gasteiger partial charge in [0.05, 0.1) is 19.7 Å². The van der Waals surface area contributed by atoms with Crippen LogP contribution in [0.25, 0.3) is 21.8 Å². The van der Waals surface area contributed by atoms with Crippen LogP contribution in [0.4, 0.5) is 0 Å². The van der Waals surface area contributed by atoms with Gasteiger partial charge in [0.2, 0.25) is 5.91 Å². The van der Waals surface area contributed by atoms with E-state index in [1.165, 1.54) is 10.9 Å². The summed E-state index contributed by atoms with van der Waals surface area (Å²) in [5, 5.41) is 15.3. The van der Waals surface area contributed by atoms with E-state index >= 15 is 0 Å². The number of H-pyrrole nitrogens is 2. The third kappa shape index (κ3) is 6.21. The summed E-state index contributed by atoms with van der Waals surface area (Å²) >= 11 is 0. The maximum Gasteiger partial charge on any atom is 0.223 e. The van der Waals surface area contributed by atoms with E-state index < -0.39 is 0 Å². The molecule has 9 heteroatoms. The number of hydrogen-bond acceptors (Lipinski definition) is 5. The molecule has 1 saturated heterocycles. The van der Waals surface area contributed by atoms with Crippen LogP contribution in [-0.4, -0.2) is 51.0 Å². The fourth-order valence-electron chi connectivity index (χ4n) is 6.44. The highest BCUT2D eigenvalue weighted by Gasteiger charge is 2.29. The van der Waals surface area contributed by atoms with E-state index in [0.29, 0.717) is 32.6 Å². The molecule has 6 aromatic rings. The van der Waals surface area contributed by atoms with E-state index in [1.54, 1.807) is 7.11 Å². The van der Waals surface area contributed by atoms with Crippen molar-refractivity contribution in [3.63, 3.8) is 0 Å². The number of nitrogens with zero attached hydrogens (tertiary/aromatic N) is 3. The number of carbonyl (C=O) groups is 1. The number of hydrogen-bond donors (Lipinski definition) is 3. The second-order valence-electron chi connectivity index (χ2n) is 11.8. The maximum atomic E-state index is 13.7. The van der Waals surface area contributed by atoms with Crippen molar-refractivity contribution < 1.29 is 14.3 Å².